The van der Waals surface area contributed by atoms with Crippen molar-refractivity contribution in [2.24, 2.45) is 0 Å². The van der Waals surface area contributed by atoms with Gasteiger partial charge in [-0.3, -0.25) is 14.2 Å². The predicted molar refractivity (Wildman–Crippen MR) is 119 cm³/mol. The molecule has 0 amide bonds. The molecule has 1 aromatic carbocycles. The second-order valence-corrected chi connectivity index (χ2v) is 7.82. The largest absolute Gasteiger partial charge is 0.496 e. The Labute approximate surface area is 182 Å². The maximum absolute atomic E-state index is 13.6. The number of fused-ring (bicyclic) bond motifs is 1. The third-order valence-corrected chi connectivity index (χ3v) is 5.96. The normalized spacial score (nSPS) is 11.0. The average molecular weight is 439 g/mol. The molecule has 0 saturated carbocycles. The van der Waals surface area contributed by atoms with Crippen LogP contribution in [-0.2, 0) is 22.5 Å². The third kappa shape index (κ3) is 4.25. The lowest BCUT2D eigenvalue weighted by Gasteiger charge is -2.14. The fourth-order valence-electron chi connectivity index (χ4n) is 3.55. The van der Waals surface area contributed by atoms with Gasteiger partial charge in [0.2, 0.25) is 0 Å². The van der Waals surface area contributed by atoms with Gasteiger partial charge in [-0.05, 0) is 24.6 Å². The lowest BCUT2D eigenvalue weighted by Crippen LogP contribution is -2.26. The van der Waals surface area contributed by atoms with E-state index in [9.17, 15) is 9.59 Å². The zero-order chi connectivity index (χ0) is 21.8. The summed E-state index contributed by atoms with van der Waals surface area (Å²) in [5.74, 6) is 1.68. The van der Waals surface area contributed by atoms with Gasteiger partial charge in [0.1, 0.15) is 22.2 Å². The van der Waals surface area contributed by atoms with Crippen molar-refractivity contribution in [2.45, 2.75) is 25.8 Å². The van der Waals surface area contributed by atoms with Crippen molar-refractivity contribution < 1.29 is 18.7 Å². The minimum atomic E-state index is -0.305. The Bertz CT molecular complexity index is 1260. The molecule has 7 nitrogen and oxygen atoms in total. The summed E-state index contributed by atoms with van der Waals surface area (Å²) in [4.78, 5) is 30.6. The van der Waals surface area contributed by atoms with Crippen molar-refractivity contribution in [1.29, 1.82) is 0 Å². The molecule has 0 atom stereocenters. The van der Waals surface area contributed by atoms with Crippen LogP contribution < -0.4 is 10.3 Å². The topological polar surface area (TPSA) is 83.6 Å². The number of hydrogen-bond donors (Lipinski definition) is 0. The number of hydrogen-bond acceptors (Lipinski definition) is 7. The first-order chi connectivity index (χ1) is 15.1. The van der Waals surface area contributed by atoms with Crippen LogP contribution in [0.2, 0.25) is 0 Å². The quantitative estimate of drug-likeness (QED) is 0.382. The molecule has 4 aromatic rings. The second kappa shape index (κ2) is 9.18. The first kappa shape index (κ1) is 20.9. The SMILES string of the molecule is COC(=O)CCCn1c(Cc2ccccc2OC)nc2scc(-c3ccco3)c2c1=O. The van der Waals surface area contributed by atoms with Crippen LogP contribution in [0.1, 0.15) is 24.2 Å². The molecule has 0 unspecified atom stereocenters. The van der Waals surface area contributed by atoms with Gasteiger partial charge in [0.15, 0.2) is 0 Å². The molecule has 8 heteroatoms. The van der Waals surface area contributed by atoms with Gasteiger partial charge in [0.05, 0.1) is 25.9 Å². The maximum Gasteiger partial charge on any atom is 0.305 e. The zero-order valence-electron chi connectivity index (χ0n) is 17.3. The molecule has 0 N–H and O–H groups in total. The van der Waals surface area contributed by atoms with Crippen molar-refractivity contribution in [3.63, 3.8) is 0 Å². The Morgan fingerprint density at radius 2 is 2.03 bits per heavy atom. The first-order valence-electron chi connectivity index (χ1n) is 9.86. The van der Waals surface area contributed by atoms with E-state index in [-0.39, 0.29) is 17.9 Å². The minimum Gasteiger partial charge on any atom is -0.496 e. The molecule has 0 spiro atoms. The highest BCUT2D eigenvalue weighted by Crippen LogP contribution is 2.32. The Morgan fingerprint density at radius 1 is 1.19 bits per heavy atom. The van der Waals surface area contributed by atoms with Gasteiger partial charge >= 0.3 is 5.97 Å². The van der Waals surface area contributed by atoms with Crippen LogP contribution in [0.5, 0.6) is 5.75 Å². The summed E-state index contributed by atoms with van der Waals surface area (Å²) >= 11 is 1.41. The zero-order valence-corrected chi connectivity index (χ0v) is 18.1. The highest BCUT2D eigenvalue weighted by Gasteiger charge is 2.19. The van der Waals surface area contributed by atoms with Crippen molar-refractivity contribution in [2.75, 3.05) is 14.2 Å². The summed E-state index contributed by atoms with van der Waals surface area (Å²) in [6.07, 6.45) is 2.71. The number of benzene rings is 1. The van der Waals surface area contributed by atoms with E-state index in [0.29, 0.717) is 41.2 Å². The standard InChI is InChI=1S/C23H22N2O5S/c1-28-17-8-4-3-7-15(17)13-19-24-22-21(16(14-31-22)18-9-6-12-30-18)23(27)25(19)11-5-10-20(26)29-2/h3-4,6-9,12,14H,5,10-11,13H2,1-2H3. The van der Waals surface area contributed by atoms with E-state index in [0.717, 1.165) is 16.9 Å². The second-order valence-electron chi connectivity index (χ2n) is 6.96. The van der Waals surface area contributed by atoms with Crippen LogP contribution in [0.3, 0.4) is 0 Å². The molecule has 160 valence electrons. The Morgan fingerprint density at radius 3 is 2.77 bits per heavy atom. The van der Waals surface area contributed by atoms with Crippen LogP contribution in [0.15, 0.2) is 57.3 Å². The van der Waals surface area contributed by atoms with Gasteiger partial charge < -0.3 is 13.9 Å². The summed E-state index contributed by atoms with van der Waals surface area (Å²) in [7, 11) is 2.98. The van der Waals surface area contributed by atoms with Crippen molar-refractivity contribution >= 4 is 27.5 Å². The lowest BCUT2D eigenvalue weighted by molar-refractivity contribution is -0.140. The highest BCUT2D eigenvalue weighted by atomic mass is 32.1. The molecule has 3 heterocycles. The highest BCUT2D eigenvalue weighted by molar-refractivity contribution is 7.17. The number of methoxy groups -OCH3 is 2. The third-order valence-electron chi connectivity index (χ3n) is 5.09. The summed E-state index contributed by atoms with van der Waals surface area (Å²) in [6.45, 7) is 0.356. The summed E-state index contributed by atoms with van der Waals surface area (Å²) in [5, 5.41) is 2.42. The molecule has 3 aromatic heterocycles. The molecule has 31 heavy (non-hydrogen) atoms. The van der Waals surface area contributed by atoms with Gasteiger partial charge in [-0.2, -0.15) is 0 Å². The van der Waals surface area contributed by atoms with E-state index in [2.05, 4.69) is 0 Å². The van der Waals surface area contributed by atoms with E-state index >= 15 is 0 Å². The molecule has 0 aliphatic rings. The molecular formula is C23H22N2O5S. The van der Waals surface area contributed by atoms with Crippen LogP contribution in [0.25, 0.3) is 21.5 Å². The summed E-state index contributed by atoms with van der Waals surface area (Å²) < 4.78 is 17.4. The van der Waals surface area contributed by atoms with E-state index in [1.807, 2.05) is 35.7 Å². The number of carbonyl (C=O) groups is 1. The van der Waals surface area contributed by atoms with Crippen LogP contribution in [0.4, 0.5) is 0 Å². The Kier molecular flexibility index (Phi) is 6.18. The van der Waals surface area contributed by atoms with E-state index in [1.165, 1.54) is 18.4 Å². The van der Waals surface area contributed by atoms with E-state index in [4.69, 9.17) is 18.9 Å². The van der Waals surface area contributed by atoms with Gasteiger partial charge in [0, 0.05) is 35.9 Å². The predicted octanol–water partition coefficient (Wildman–Crippen LogP) is 4.27. The van der Waals surface area contributed by atoms with Crippen molar-refractivity contribution in [3.8, 4) is 17.1 Å². The molecule has 0 fully saturated rings. The summed E-state index contributed by atoms with van der Waals surface area (Å²) in [6, 6.07) is 11.3. The minimum absolute atomic E-state index is 0.146. The summed E-state index contributed by atoms with van der Waals surface area (Å²) in [5.41, 5.74) is 1.52. The van der Waals surface area contributed by atoms with Gasteiger partial charge in [-0.15, -0.1) is 11.3 Å². The number of aromatic nitrogens is 2. The average Bonchev–Trinajstić information content (AvgIpc) is 3.46. The lowest BCUT2D eigenvalue weighted by atomic mass is 10.1. The van der Waals surface area contributed by atoms with E-state index < -0.39 is 0 Å². The monoisotopic (exact) mass is 438 g/mol. The van der Waals surface area contributed by atoms with Crippen molar-refractivity contribution in [1.82, 2.24) is 9.55 Å². The van der Waals surface area contributed by atoms with Crippen LogP contribution >= 0.6 is 11.3 Å². The number of furan rings is 1. The van der Waals surface area contributed by atoms with Crippen LogP contribution in [-0.4, -0.2) is 29.7 Å². The first-order valence-corrected chi connectivity index (χ1v) is 10.7. The molecular weight excluding hydrogens is 416 g/mol. The Hall–Kier alpha value is -3.39. The number of carbonyl (C=O) groups excluding carboxylic acids is 1. The molecule has 0 radical (unpaired) electrons. The maximum atomic E-state index is 13.6. The number of nitrogens with zero attached hydrogens (tertiary/aromatic N) is 2. The van der Waals surface area contributed by atoms with Gasteiger partial charge in [-0.25, -0.2) is 4.98 Å². The molecule has 0 aliphatic heterocycles. The van der Waals surface area contributed by atoms with Crippen molar-refractivity contribution in [3.05, 3.63) is 69.8 Å². The van der Waals surface area contributed by atoms with Crippen LogP contribution in [0, 0.1) is 0 Å². The number of esters is 1. The molecule has 0 bridgehead atoms. The number of para-hydroxylation sites is 1. The molecule has 4 rings (SSSR count). The number of thiophene rings is 1. The number of ether oxygens (including phenoxy) is 2. The van der Waals surface area contributed by atoms with Gasteiger partial charge in [0.25, 0.3) is 5.56 Å². The molecule has 0 saturated heterocycles. The number of rotatable bonds is 8. The van der Waals surface area contributed by atoms with Gasteiger partial charge in [-0.1, -0.05) is 18.2 Å². The fourth-order valence-corrected chi connectivity index (χ4v) is 4.48. The smallest absolute Gasteiger partial charge is 0.305 e. The Balaban J connectivity index is 1.80. The van der Waals surface area contributed by atoms with E-state index in [1.54, 1.807) is 24.0 Å². The fraction of sp³-hybridized carbons (Fsp3) is 0.261. The molecule has 0 aliphatic carbocycles.